The minimum atomic E-state index is -3.88. The first-order chi connectivity index (χ1) is 20.0. The van der Waals surface area contributed by atoms with Crippen LogP contribution in [-0.4, -0.2) is 60.7 Å². The Bertz CT molecular complexity index is 1680. The third-order valence-corrected chi connectivity index (χ3v) is 10.9. The SMILES string of the molecule is CC(C)(C)S(=O)(=O)NC(=O)c1ccc2c(C3CCCCC3)c3n(c2c1)CC(C(=O)N1CCOCC1)=Cc1ccccc1-3. The van der Waals surface area contributed by atoms with Crippen LogP contribution in [-0.2, 0) is 26.1 Å². The van der Waals surface area contributed by atoms with Crippen LogP contribution in [0.4, 0.5) is 0 Å². The molecule has 3 aliphatic rings. The third kappa shape index (κ3) is 5.17. The lowest BCUT2D eigenvalue weighted by Gasteiger charge is -2.28. The molecule has 2 fully saturated rings. The summed E-state index contributed by atoms with van der Waals surface area (Å²) in [6.07, 6.45) is 7.77. The van der Waals surface area contributed by atoms with Crippen molar-refractivity contribution in [3.63, 3.8) is 0 Å². The molecule has 0 unspecified atom stereocenters. The number of sulfonamides is 1. The molecule has 6 rings (SSSR count). The van der Waals surface area contributed by atoms with Crippen molar-refractivity contribution >= 4 is 38.8 Å². The van der Waals surface area contributed by atoms with E-state index in [0.29, 0.717) is 44.3 Å². The Morgan fingerprint density at radius 2 is 1.69 bits per heavy atom. The summed E-state index contributed by atoms with van der Waals surface area (Å²) in [6, 6.07) is 13.7. The summed E-state index contributed by atoms with van der Waals surface area (Å²) in [7, 11) is -3.88. The summed E-state index contributed by atoms with van der Waals surface area (Å²) in [4.78, 5) is 29.0. The molecule has 222 valence electrons. The van der Waals surface area contributed by atoms with Gasteiger partial charge in [0.15, 0.2) is 0 Å². The lowest BCUT2D eigenvalue weighted by Crippen LogP contribution is -2.42. The van der Waals surface area contributed by atoms with Crippen molar-refractivity contribution in [3.8, 4) is 11.3 Å². The standard InChI is InChI=1S/C33H39N3O5S/c1-33(2,3)42(39,40)34-31(37)24-13-14-27-28(20-24)36-21-25(32(38)35-15-17-41-18-16-35)19-23-11-7-8-12-26(23)30(36)29(27)22-9-5-4-6-10-22/h7-8,11-14,19-20,22H,4-6,9-10,15-18,21H2,1-3H3,(H,34,37). The highest BCUT2D eigenvalue weighted by Crippen LogP contribution is 2.46. The highest BCUT2D eigenvalue weighted by molar-refractivity contribution is 7.91. The fourth-order valence-corrected chi connectivity index (χ4v) is 7.12. The largest absolute Gasteiger partial charge is 0.378 e. The number of amides is 2. The van der Waals surface area contributed by atoms with Gasteiger partial charge in [0.25, 0.3) is 11.8 Å². The summed E-state index contributed by atoms with van der Waals surface area (Å²) in [5.74, 6) is -0.300. The second-order valence-electron chi connectivity index (χ2n) is 12.6. The van der Waals surface area contributed by atoms with Crippen molar-refractivity contribution in [1.82, 2.24) is 14.2 Å². The van der Waals surface area contributed by atoms with E-state index in [1.165, 1.54) is 24.8 Å². The van der Waals surface area contributed by atoms with E-state index in [-0.39, 0.29) is 11.5 Å². The molecule has 42 heavy (non-hydrogen) atoms. The van der Waals surface area contributed by atoms with Gasteiger partial charge in [0.1, 0.15) is 0 Å². The quantitative estimate of drug-likeness (QED) is 0.435. The van der Waals surface area contributed by atoms with E-state index in [1.54, 1.807) is 32.9 Å². The number of morpholine rings is 1. The van der Waals surface area contributed by atoms with Crippen LogP contribution in [0.3, 0.4) is 0 Å². The molecule has 8 nitrogen and oxygen atoms in total. The first kappa shape index (κ1) is 28.7. The molecule has 1 aromatic heterocycles. The zero-order chi connectivity index (χ0) is 29.6. The zero-order valence-electron chi connectivity index (χ0n) is 24.6. The smallest absolute Gasteiger partial charge is 0.264 e. The third-order valence-electron chi connectivity index (χ3n) is 8.86. The molecule has 0 spiro atoms. The second kappa shape index (κ2) is 11.0. The fourth-order valence-electron chi connectivity index (χ4n) is 6.45. The van der Waals surface area contributed by atoms with Gasteiger partial charge in [0, 0.05) is 40.7 Å². The number of hydrogen-bond donors (Lipinski definition) is 1. The number of nitrogens with one attached hydrogen (secondary N) is 1. The first-order valence-electron chi connectivity index (χ1n) is 14.9. The molecule has 0 bridgehead atoms. The molecule has 1 saturated heterocycles. The van der Waals surface area contributed by atoms with Crippen LogP contribution >= 0.6 is 0 Å². The molecule has 1 aliphatic carbocycles. The lowest BCUT2D eigenvalue weighted by molar-refractivity contribution is -0.131. The average molecular weight is 590 g/mol. The Morgan fingerprint density at radius 1 is 0.976 bits per heavy atom. The molecule has 0 radical (unpaired) electrons. The van der Waals surface area contributed by atoms with Gasteiger partial charge in [-0.3, -0.25) is 9.59 Å². The molecule has 2 aromatic carbocycles. The topological polar surface area (TPSA) is 97.7 Å². The molecule has 9 heteroatoms. The monoisotopic (exact) mass is 589 g/mol. The van der Waals surface area contributed by atoms with Crippen LogP contribution in [0.25, 0.3) is 28.2 Å². The second-order valence-corrected chi connectivity index (χ2v) is 15.1. The highest BCUT2D eigenvalue weighted by Gasteiger charge is 2.33. The molecular weight excluding hydrogens is 550 g/mol. The number of carbonyl (C=O) groups is 2. The normalized spacial score (nSPS) is 18.2. The van der Waals surface area contributed by atoms with Crippen molar-refractivity contribution in [2.24, 2.45) is 0 Å². The van der Waals surface area contributed by atoms with Gasteiger partial charge in [-0.25, -0.2) is 13.1 Å². The van der Waals surface area contributed by atoms with Gasteiger partial charge in [-0.15, -0.1) is 0 Å². The van der Waals surface area contributed by atoms with Crippen molar-refractivity contribution < 1.29 is 22.7 Å². The summed E-state index contributed by atoms with van der Waals surface area (Å²) >= 11 is 0. The van der Waals surface area contributed by atoms with Crippen molar-refractivity contribution in [2.45, 2.75) is 70.1 Å². The number of hydrogen-bond acceptors (Lipinski definition) is 5. The van der Waals surface area contributed by atoms with Gasteiger partial charge in [-0.1, -0.05) is 49.6 Å². The van der Waals surface area contributed by atoms with Crippen molar-refractivity contribution in [1.29, 1.82) is 0 Å². The summed E-state index contributed by atoms with van der Waals surface area (Å²) < 4.78 is 34.4. The van der Waals surface area contributed by atoms with Gasteiger partial charge in [0.05, 0.1) is 30.2 Å². The van der Waals surface area contributed by atoms with Crippen LogP contribution in [0, 0.1) is 0 Å². The molecule has 1 N–H and O–H groups in total. The maximum Gasteiger partial charge on any atom is 0.264 e. The highest BCUT2D eigenvalue weighted by atomic mass is 32.2. The number of aromatic nitrogens is 1. The van der Waals surface area contributed by atoms with Gasteiger partial charge >= 0.3 is 0 Å². The predicted octanol–water partition coefficient (Wildman–Crippen LogP) is 5.47. The number of fused-ring (bicyclic) bond motifs is 5. The zero-order valence-corrected chi connectivity index (χ0v) is 25.4. The molecular formula is C33H39N3O5S. The Labute approximate surface area is 247 Å². The first-order valence-corrected chi connectivity index (χ1v) is 16.4. The van der Waals surface area contributed by atoms with E-state index in [9.17, 15) is 18.0 Å². The number of rotatable bonds is 4. The molecule has 3 heterocycles. The summed E-state index contributed by atoms with van der Waals surface area (Å²) in [5, 5.41) is 1.06. The van der Waals surface area contributed by atoms with E-state index in [0.717, 1.165) is 40.6 Å². The average Bonchev–Trinajstić information content (AvgIpc) is 3.19. The molecule has 3 aromatic rings. The minimum absolute atomic E-state index is 0.00723. The number of benzene rings is 2. The summed E-state index contributed by atoms with van der Waals surface area (Å²) in [6.45, 7) is 7.19. The number of carbonyl (C=O) groups excluding carboxylic acids is 2. The maximum atomic E-state index is 13.9. The molecule has 2 amide bonds. The fraction of sp³-hybridized carbons (Fsp3) is 0.455. The van der Waals surface area contributed by atoms with Gasteiger partial charge < -0.3 is 14.2 Å². The van der Waals surface area contributed by atoms with Crippen LogP contribution in [0.5, 0.6) is 0 Å². The molecule has 1 saturated carbocycles. The van der Waals surface area contributed by atoms with Crippen LogP contribution in [0.15, 0.2) is 48.0 Å². The maximum absolute atomic E-state index is 13.9. The van der Waals surface area contributed by atoms with E-state index >= 15 is 0 Å². The van der Waals surface area contributed by atoms with Gasteiger partial charge in [0.2, 0.25) is 10.0 Å². The van der Waals surface area contributed by atoms with E-state index < -0.39 is 20.7 Å². The van der Waals surface area contributed by atoms with Crippen LogP contribution in [0.1, 0.15) is 80.3 Å². The van der Waals surface area contributed by atoms with Crippen LogP contribution in [0.2, 0.25) is 0 Å². The molecule has 0 atom stereocenters. The van der Waals surface area contributed by atoms with Gasteiger partial charge in [-0.05, 0) is 68.9 Å². The minimum Gasteiger partial charge on any atom is -0.378 e. The number of nitrogens with zero attached hydrogens (tertiary/aromatic N) is 2. The van der Waals surface area contributed by atoms with Gasteiger partial charge in [-0.2, -0.15) is 0 Å². The van der Waals surface area contributed by atoms with Crippen LogP contribution < -0.4 is 4.72 Å². The van der Waals surface area contributed by atoms with Crippen molar-refractivity contribution in [3.05, 3.63) is 64.7 Å². The Morgan fingerprint density at radius 3 is 2.40 bits per heavy atom. The predicted molar refractivity (Wildman–Crippen MR) is 165 cm³/mol. The van der Waals surface area contributed by atoms with E-state index in [1.807, 2.05) is 29.2 Å². The lowest BCUT2D eigenvalue weighted by atomic mass is 9.81. The van der Waals surface area contributed by atoms with Crippen molar-refractivity contribution in [2.75, 3.05) is 26.3 Å². The Balaban J connectivity index is 1.53. The Kier molecular flexibility index (Phi) is 7.51. The van der Waals surface area contributed by atoms with E-state index in [2.05, 4.69) is 21.4 Å². The summed E-state index contributed by atoms with van der Waals surface area (Å²) in [5.41, 5.74) is 6.22. The van der Waals surface area contributed by atoms with E-state index in [4.69, 9.17) is 4.74 Å². The Hall–Kier alpha value is -3.43. The number of ether oxygens (including phenoxy) is 1. The molecule has 2 aliphatic heterocycles.